The molecule has 4 fully saturated rings. The van der Waals surface area contributed by atoms with Crippen LogP contribution in [0.2, 0.25) is 0 Å². The molecule has 1 unspecified atom stereocenters. The van der Waals surface area contributed by atoms with E-state index in [1.165, 1.54) is 13.3 Å². The quantitative estimate of drug-likeness (QED) is 0.0232. The number of esters is 2. The lowest BCUT2D eigenvalue weighted by atomic mass is 9.75. The fourth-order valence-electron chi connectivity index (χ4n) is 17.3. The van der Waals surface area contributed by atoms with Crippen LogP contribution in [0.3, 0.4) is 0 Å². The predicted molar refractivity (Wildman–Crippen MR) is 434 cm³/mol. The number of imidazole rings is 1. The number of carbonyl (C=O) groups is 7. The van der Waals surface area contributed by atoms with Gasteiger partial charge < -0.3 is 51.0 Å². The number of hydrogen-bond donors (Lipinski definition) is 8. The molecule has 8 N–H and O–H groups in total. The van der Waals surface area contributed by atoms with Gasteiger partial charge in [-0.15, -0.1) is 0 Å². The van der Waals surface area contributed by atoms with Crippen LogP contribution in [-0.2, 0) is 56.1 Å². The van der Waals surface area contributed by atoms with Gasteiger partial charge in [0.2, 0.25) is 29.5 Å². The minimum atomic E-state index is -1.41. The highest BCUT2D eigenvalue weighted by Crippen LogP contribution is 2.48. The highest BCUT2D eigenvalue weighted by molar-refractivity contribution is 6.09. The van der Waals surface area contributed by atoms with Gasteiger partial charge in [0.1, 0.15) is 6.61 Å². The Hall–Kier alpha value is -11.0. The molecule has 0 saturated heterocycles. The van der Waals surface area contributed by atoms with E-state index in [0.29, 0.717) is 123 Å². The molecule has 4 aromatic heterocycles. The zero-order valence-electron chi connectivity index (χ0n) is 64.1. The zero-order valence-corrected chi connectivity index (χ0v) is 64.1. The summed E-state index contributed by atoms with van der Waals surface area (Å²) < 4.78 is 12.1. The second-order valence-electron chi connectivity index (χ2n) is 32.4. The van der Waals surface area contributed by atoms with Crippen LogP contribution in [0.5, 0.6) is 0 Å². The van der Waals surface area contributed by atoms with Gasteiger partial charge in [-0.3, -0.25) is 33.6 Å². The Morgan fingerprint density at radius 2 is 0.836 bits per heavy atom. The molecule has 570 valence electrons. The molecule has 2 aliphatic heterocycles. The highest BCUT2D eigenvalue weighted by atomic mass is 16.6. The molecule has 4 aliphatic carbocycles. The third kappa shape index (κ3) is 16.5. The molecule has 5 amide bonds. The van der Waals surface area contributed by atoms with E-state index in [0.717, 1.165) is 128 Å². The monoisotopic (exact) mass is 1480 g/mol. The van der Waals surface area contributed by atoms with Crippen LogP contribution in [0.25, 0.3) is 90.9 Å². The molecule has 0 spiro atoms. The topological polar surface area (TPSA) is 284 Å². The van der Waals surface area contributed by atoms with Crippen LogP contribution in [-0.4, -0.2) is 77.1 Å². The van der Waals surface area contributed by atoms with E-state index in [1.54, 1.807) is 13.1 Å². The summed E-state index contributed by atoms with van der Waals surface area (Å²) in [4.78, 5) is 127. The lowest BCUT2D eigenvalue weighted by Gasteiger charge is -2.32. The summed E-state index contributed by atoms with van der Waals surface area (Å²) in [7, 11) is 0. The fourth-order valence-corrected chi connectivity index (χ4v) is 17.3. The number of carbonyl (C=O) groups excluding carboxylic acids is 7. The Balaban J connectivity index is 1.02. The minimum Gasteiger partial charge on any atom is -0.461 e. The van der Waals surface area contributed by atoms with Crippen molar-refractivity contribution in [1.82, 2.24) is 35.2 Å². The van der Waals surface area contributed by atoms with E-state index in [9.17, 15) is 28.8 Å². The minimum absolute atomic E-state index is 0.0538. The molecule has 0 radical (unpaired) electrons. The van der Waals surface area contributed by atoms with Crippen LogP contribution >= 0.6 is 0 Å². The number of amides is 5. The molecular weight excluding hydrogens is 1380 g/mol. The highest BCUT2D eigenvalue weighted by Gasteiger charge is 2.40. The van der Waals surface area contributed by atoms with Crippen molar-refractivity contribution in [2.24, 2.45) is 21.7 Å². The number of ether oxygens (including phenoxy) is 2. The van der Waals surface area contributed by atoms with Gasteiger partial charge in [0, 0.05) is 149 Å². The van der Waals surface area contributed by atoms with Gasteiger partial charge in [-0.25, -0.2) is 15.0 Å². The molecule has 8 bridgehead atoms. The summed E-state index contributed by atoms with van der Waals surface area (Å²) in [6.07, 6.45) is 28.7. The third-order valence-electron chi connectivity index (χ3n) is 23.8. The Kier molecular flexibility index (Phi) is 22.2. The number of fused-ring (bicyclic) bond motifs is 8. The van der Waals surface area contributed by atoms with Crippen molar-refractivity contribution in [3.8, 4) is 44.5 Å². The van der Waals surface area contributed by atoms with Gasteiger partial charge in [-0.1, -0.05) is 178 Å². The van der Waals surface area contributed by atoms with E-state index in [1.807, 2.05) is 153 Å². The number of hydrogen-bond acceptors (Lipinski definition) is 12. The number of nitrogens with zero attached hydrogens (tertiary/aromatic N) is 3. The van der Waals surface area contributed by atoms with E-state index >= 15 is 4.79 Å². The van der Waals surface area contributed by atoms with Gasteiger partial charge in [-0.2, -0.15) is 0 Å². The van der Waals surface area contributed by atoms with Gasteiger partial charge in [0.25, 0.3) is 0 Å². The number of para-hydroxylation sites is 4. The van der Waals surface area contributed by atoms with Gasteiger partial charge in [0.05, 0.1) is 34.6 Å². The summed E-state index contributed by atoms with van der Waals surface area (Å²) in [5.74, 6) is -1.94. The zero-order chi connectivity index (χ0) is 76.8. The average molecular weight is 1480 g/mol. The lowest BCUT2D eigenvalue weighted by molar-refractivity contribution is -0.161. The van der Waals surface area contributed by atoms with E-state index in [4.69, 9.17) is 19.4 Å². The van der Waals surface area contributed by atoms with Crippen molar-refractivity contribution in [3.05, 3.63) is 162 Å². The first-order valence-corrected chi connectivity index (χ1v) is 39.5. The van der Waals surface area contributed by atoms with Gasteiger partial charge >= 0.3 is 11.9 Å². The maximum Gasteiger partial charge on any atom is 0.306 e. The van der Waals surface area contributed by atoms with Crippen molar-refractivity contribution < 1.29 is 43.0 Å². The Morgan fingerprint density at radius 1 is 0.464 bits per heavy atom. The Bertz CT molecular complexity index is 5090. The van der Waals surface area contributed by atoms with Crippen LogP contribution in [0, 0.1) is 21.7 Å². The van der Waals surface area contributed by atoms with Crippen LogP contribution in [0.4, 0.5) is 22.7 Å². The second-order valence-corrected chi connectivity index (χ2v) is 32.4. The molecule has 14 rings (SSSR count). The second kappa shape index (κ2) is 32.3. The number of H-pyrrole nitrogens is 3. The molecule has 6 heterocycles. The van der Waals surface area contributed by atoms with Gasteiger partial charge in [-0.05, 0) is 131 Å². The number of anilines is 4. The molecule has 20 nitrogen and oxygen atoms in total. The summed E-state index contributed by atoms with van der Waals surface area (Å²) in [5, 5.41) is 16.6. The van der Waals surface area contributed by atoms with Crippen molar-refractivity contribution in [2.75, 3.05) is 21.3 Å². The molecular formula is C90H101N11O9. The summed E-state index contributed by atoms with van der Waals surface area (Å²) in [6, 6.07) is 37.1. The molecule has 1 atom stereocenters. The number of aromatic amines is 3. The largest absolute Gasteiger partial charge is 0.461 e. The number of rotatable bonds is 22. The van der Waals surface area contributed by atoms with Crippen molar-refractivity contribution in [3.63, 3.8) is 0 Å². The number of aromatic nitrogens is 6. The van der Waals surface area contributed by atoms with E-state index < -0.39 is 45.2 Å². The molecule has 6 aliphatic rings. The molecule has 20 heteroatoms. The first kappa shape index (κ1) is 75.8. The Labute approximate surface area is 642 Å². The third-order valence-corrected chi connectivity index (χ3v) is 23.8. The van der Waals surface area contributed by atoms with Crippen molar-refractivity contribution in [1.29, 1.82) is 0 Å². The standard InChI is InChI=1S/C90H101N11O9/c1-57(102)110-90(6,53-59-54-91-56-92-59)101-75(103)36-27-37-76(104)109-55-58-52-74-79(62-30-13-17-34-66(62)99-84(107)88(4)48-23-9-24-49-88)72-41-40-70(94-72)77(60-28-11-15-32-64(60)97-82(105)86(2)44-19-7-20-45-86)68-38-39-69(93-68)78(61-29-12-16-33-65(61)98-83(106)87(3)46-21-8-22-47-87)71-42-43-73(95-71)80(81(58)96-74)63-31-14-18-35-67(63)100-85(108)89(5)50-25-10-26-51-89/h11-18,28-35,38-43,52,54,56,93,96H,7-10,19-27,36-37,44-51,53,55H2,1-6H3,(H,91,92)(H,97,105)(H,98,106)(H,99,107)(H,100,108)(H,101,103). The molecule has 4 aromatic carbocycles. The van der Waals surface area contributed by atoms with Crippen LogP contribution in [0.15, 0.2) is 128 Å². The normalized spacial score (nSPS) is 17.4. The lowest BCUT2D eigenvalue weighted by Crippen LogP contribution is -2.50. The molecule has 8 aromatic rings. The summed E-state index contributed by atoms with van der Waals surface area (Å²) in [6.45, 7) is 10.8. The predicted octanol–water partition coefficient (Wildman–Crippen LogP) is 19.5. The van der Waals surface area contributed by atoms with E-state index in [2.05, 4.69) is 60.4 Å². The first-order chi connectivity index (χ1) is 53.1. The fraction of sp³-hybridized carbons (Fsp3) is 0.400. The SMILES string of the molecule is CC(=O)OC(C)(Cc1cnc[nH]1)NC(=O)CCCC(=O)OCc1cc2[nH]c1c(-c1ccccc1NC(=O)C1(C)CCCCC1)c1nc(c(-c3ccccc3NC(=O)C3(C)CCCCC3)c3ccc([nH]3)c(-c3ccccc3NC(=O)C3(C)CCCCC3)c3nc(c2-c2ccccc2NC(=O)C2(C)CCCCC2)C=C3)C=C1. The van der Waals surface area contributed by atoms with E-state index in [-0.39, 0.29) is 55.9 Å². The van der Waals surface area contributed by atoms with Gasteiger partial charge in [0.15, 0.2) is 5.72 Å². The van der Waals surface area contributed by atoms with Crippen molar-refractivity contribution in [2.45, 2.75) is 208 Å². The molecule has 110 heavy (non-hydrogen) atoms. The van der Waals surface area contributed by atoms with Crippen LogP contribution in [0.1, 0.15) is 223 Å². The number of nitrogens with one attached hydrogen (secondary N) is 8. The van der Waals surface area contributed by atoms with Crippen molar-refractivity contribution >= 4 is 111 Å². The van der Waals surface area contributed by atoms with Crippen LogP contribution < -0.4 is 26.6 Å². The molecule has 4 saturated carbocycles. The summed E-state index contributed by atoms with van der Waals surface area (Å²) >= 11 is 0. The first-order valence-electron chi connectivity index (χ1n) is 39.5. The summed E-state index contributed by atoms with van der Waals surface area (Å²) in [5.41, 5.74) is 9.06. The Morgan fingerprint density at radius 3 is 1.22 bits per heavy atom. The smallest absolute Gasteiger partial charge is 0.306 e. The maximum atomic E-state index is 15.0. The number of benzene rings is 4. The average Bonchev–Trinajstić information content (AvgIpc) is 1.58. The maximum absolute atomic E-state index is 15.0.